The minimum absolute atomic E-state index is 0.0319. The predicted molar refractivity (Wildman–Crippen MR) is 99.8 cm³/mol. The molecule has 3 aromatic rings. The molecule has 0 atom stereocenters. The molecule has 0 spiro atoms. The number of pyridine rings is 1. The van der Waals surface area contributed by atoms with E-state index in [0.717, 1.165) is 11.4 Å². The van der Waals surface area contributed by atoms with Crippen molar-refractivity contribution >= 4 is 17.5 Å². The molecule has 0 aliphatic carbocycles. The maximum absolute atomic E-state index is 4.48. The number of hydrogen-bond acceptors (Lipinski definition) is 6. The molecule has 6 nitrogen and oxygen atoms in total. The highest BCUT2D eigenvalue weighted by atomic mass is 15.3. The summed E-state index contributed by atoms with van der Waals surface area (Å²) in [4.78, 5) is 8.75. The van der Waals surface area contributed by atoms with Gasteiger partial charge in [0.2, 0.25) is 5.95 Å². The lowest BCUT2D eigenvalue weighted by molar-refractivity contribution is 0.592. The standard InChI is InChI=1S/C19H22N6/c1-19(2,3)15-9-4-5-10-16(15)23-17-13-22-25-18(24-17)21-12-14-8-6-7-11-20-14/h4-11,13H,12H2,1-3H3,(H2,21,23,24,25). The number of para-hydroxylation sites is 1. The zero-order chi connectivity index (χ0) is 17.7. The van der Waals surface area contributed by atoms with Crippen LogP contribution in [0.2, 0.25) is 0 Å². The van der Waals surface area contributed by atoms with Crippen molar-refractivity contribution in [3.8, 4) is 0 Å². The molecule has 6 heteroatoms. The summed E-state index contributed by atoms with van der Waals surface area (Å²) >= 11 is 0. The summed E-state index contributed by atoms with van der Waals surface area (Å²) in [6.45, 7) is 7.10. The Bertz CT molecular complexity index is 827. The first-order valence-corrected chi connectivity index (χ1v) is 8.22. The van der Waals surface area contributed by atoms with E-state index in [2.05, 4.69) is 57.6 Å². The first-order chi connectivity index (χ1) is 12.0. The summed E-state index contributed by atoms with van der Waals surface area (Å²) in [6.07, 6.45) is 3.38. The number of nitrogens with zero attached hydrogens (tertiary/aromatic N) is 4. The average molecular weight is 334 g/mol. The Labute approximate surface area is 147 Å². The van der Waals surface area contributed by atoms with Gasteiger partial charge in [0, 0.05) is 11.9 Å². The number of rotatable bonds is 5. The summed E-state index contributed by atoms with van der Waals surface area (Å²) in [7, 11) is 0. The van der Waals surface area contributed by atoms with Gasteiger partial charge in [0.1, 0.15) is 0 Å². The lowest BCUT2D eigenvalue weighted by Gasteiger charge is -2.23. The molecule has 1 aromatic carbocycles. The molecule has 2 aromatic heterocycles. The van der Waals surface area contributed by atoms with Crippen LogP contribution in [0.4, 0.5) is 17.5 Å². The van der Waals surface area contributed by atoms with E-state index in [9.17, 15) is 0 Å². The second-order valence-corrected chi connectivity index (χ2v) is 6.76. The van der Waals surface area contributed by atoms with Gasteiger partial charge in [-0.15, -0.1) is 5.10 Å². The third-order valence-corrected chi connectivity index (χ3v) is 3.71. The molecular weight excluding hydrogens is 312 g/mol. The average Bonchev–Trinajstić information content (AvgIpc) is 2.61. The molecule has 0 bridgehead atoms. The Balaban J connectivity index is 1.74. The molecular formula is C19H22N6. The van der Waals surface area contributed by atoms with Gasteiger partial charge in [0.05, 0.1) is 18.4 Å². The maximum atomic E-state index is 4.48. The third-order valence-electron chi connectivity index (χ3n) is 3.71. The van der Waals surface area contributed by atoms with Gasteiger partial charge < -0.3 is 10.6 Å². The zero-order valence-electron chi connectivity index (χ0n) is 14.7. The summed E-state index contributed by atoms with van der Waals surface area (Å²) < 4.78 is 0. The Morgan fingerprint density at radius 2 is 1.80 bits per heavy atom. The van der Waals surface area contributed by atoms with Crippen molar-refractivity contribution in [2.75, 3.05) is 10.6 Å². The van der Waals surface area contributed by atoms with E-state index in [1.165, 1.54) is 5.56 Å². The van der Waals surface area contributed by atoms with Gasteiger partial charge in [0.15, 0.2) is 5.82 Å². The Morgan fingerprint density at radius 3 is 2.56 bits per heavy atom. The van der Waals surface area contributed by atoms with Crippen molar-refractivity contribution in [3.05, 3.63) is 66.1 Å². The molecule has 0 saturated heterocycles. The molecule has 0 fully saturated rings. The van der Waals surface area contributed by atoms with Crippen LogP contribution in [0.15, 0.2) is 54.9 Å². The Kier molecular flexibility index (Phi) is 4.88. The molecule has 128 valence electrons. The van der Waals surface area contributed by atoms with E-state index in [-0.39, 0.29) is 5.41 Å². The number of hydrogen-bond donors (Lipinski definition) is 2. The lowest BCUT2D eigenvalue weighted by Crippen LogP contribution is -2.14. The topological polar surface area (TPSA) is 75.6 Å². The maximum Gasteiger partial charge on any atom is 0.245 e. The summed E-state index contributed by atoms with van der Waals surface area (Å²) in [5, 5.41) is 14.5. The molecule has 25 heavy (non-hydrogen) atoms. The highest BCUT2D eigenvalue weighted by molar-refractivity contribution is 5.62. The highest BCUT2D eigenvalue weighted by Crippen LogP contribution is 2.30. The van der Waals surface area contributed by atoms with E-state index < -0.39 is 0 Å². The molecule has 0 aliphatic rings. The second-order valence-electron chi connectivity index (χ2n) is 6.76. The fraction of sp³-hybridized carbons (Fsp3) is 0.263. The van der Waals surface area contributed by atoms with Crippen molar-refractivity contribution in [2.24, 2.45) is 0 Å². The summed E-state index contributed by atoms with van der Waals surface area (Å²) in [6, 6.07) is 14.0. The van der Waals surface area contributed by atoms with E-state index in [1.807, 2.05) is 36.4 Å². The number of benzene rings is 1. The zero-order valence-corrected chi connectivity index (χ0v) is 14.7. The van der Waals surface area contributed by atoms with Crippen LogP contribution in [-0.4, -0.2) is 20.2 Å². The molecule has 3 rings (SSSR count). The SMILES string of the molecule is CC(C)(C)c1ccccc1Nc1cnnc(NCc2ccccn2)n1. The molecule has 0 amide bonds. The van der Waals surface area contributed by atoms with Gasteiger partial charge in [-0.2, -0.15) is 10.1 Å². The normalized spacial score (nSPS) is 11.2. The van der Waals surface area contributed by atoms with Crippen molar-refractivity contribution in [1.82, 2.24) is 20.2 Å². The predicted octanol–water partition coefficient (Wildman–Crippen LogP) is 3.92. The molecule has 0 unspecified atom stereocenters. The van der Waals surface area contributed by atoms with Crippen LogP contribution >= 0.6 is 0 Å². The molecule has 2 N–H and O–H groups in total. The van der Waals surface area contributed by atoms with Gasteiger partial charge in [-0.3, -0.25) is 4.98 Å². The Morgan fingerprint density at radius 1 is 1.00 bits per heavy atom. The molecule has 0 aliphatic heterocycles. The monoisotopic (exact) mass is 334 g/mol. The highest BCUT2D eigenvalue weighted by Gasteiger charge is 2.17. The van der Waals surface area contributed by atoms with Crippen molar-refractivity contribution in [3.63, 3.8) is 0 Å². The van der Waals surface area contributed by atoms with Crippen LogP contribution in [-0.2, 0) is 12.0 Å². The van der Waals surface area contributed by atoms with Gasteiger partial charge in [-0.05, 0) is 29.2 Å². The van der Waals surface area contributed by atoms with Crippen LogP contribution in [0.3, 0.4) is 0 Å². The van der Waals surface area contributed by atoms with E-state index in [1.54, 1.807) is 12.4 Å². The lowest BCUT2D eigenvalue weighted by atomic mass is 9.86. The fourth-order valence-electron chi connectivity index (χ4n) is 2.50. The van der Waals surface area contributed by atoms with Gasteiger partial charge in [-0.25, -0.2) is 0 Å². The van der Waals surface area contributed by atoms with Crippen LogP contribution in [0.5, 0.6) is 0 Å². The minimum Gasteiger partial charge on any atom is -0.347 e. The van der Waals surface area contributed by atoms with Gasteiger partial charge in [0.25, 0.3) is 0 Å². The smallest absolute Gasteiger partial charge is 0.245 e. The molecule has 0 radical (unpaired) electrons. The van der Waals surface area contributed by atoms with Crippen LogP contribution in [0, 0.1) is 0 Å². The summed E-state index contributed by atoms with van der Waals surface area (Å²) in [5.74, 6) is 1.11. The van der Waals surface area contributed by atoms with Crippen molar-refractivity contribution < 1.29 is 0 Å². The number of anilines is 3. The largest absolute Gasteiger partial charge is 0.347 e. The minimum atomic E-state index is 0.0319. The van der Waals surface area contributed by atoms with Crippen LogP contribution in [0.1, 0.15) is 32.0 Å². The summed E-state index contributed by atoms with van der Waals surface area (Å²) in [5.41, 5.74) is 3.19. The van der Waals surface area contributed by atoms with Crippen molar-refractivity contribution in [1.29, 1.82) is 0 Å². The Hall–Kier alpha value is -3.02. The van der Waals surface area contributed by atoms with E-state index in [4.69, 9.17) is 0 Å². The van der Waals surface area contributed by atoms with E-state index >= 15 is 0 Å². The molecule has 2 heterocycles. The second kappa shape index (κ2) is 7.25. The quantitative estimate of drug-likeness (QED) is 0.736. The number of aromatic nitrogens is 4. The van der Waals surface area contributed by atoms with Crippen LogP contribution < -0.4 is 10.6 Å². The van der Waals surface area contributed by atoms with E-state index in [0.29, 0.717) is 18.3 Å². The van der Waals surface area contributed by atoms with Crippen molar-refractivity contribution in [2.45, 2.75) is 32.7 Å². The van der Waals surface area contributed by atoms with Gasteiger partial charge >= 0.3 is 0 Å². The number of nitrogens with one attached hydrogen (secondary N) is 2. The first kappa shape index (κ1) is 16.8. The van der Waals surface area contributed by atoms with Gasteiger partial charge in [-0.1, -0.05) is 45.0 Å². The first-order valence-electron chi connectivity index (χ1n) is 8.22. The fourth-order valence-corrected chi connectivity index (χ4v) is 2.50. The van der Waals surface area contributed by atoms with Crippen LogP contribution in [0.25, 0.3) is 0 Å². The third kappa shape index (κ3) is 4.50. The molecule has 0 saturated carbocycles.